The molecule has 2 rings (SSSR count). The summed E-state index contributed by atoms with van der Waals surface area (Å²) in [6, 6.07) is 14.1. The van der Waals surface area contributed by atoms with Gasteiger partial charge in [-0.2, -0.15) is 8.78 Å². The molecular weight excluding hydrogens is 358 g/mol. The molecule has 0 aromatic heterocycles. The van der Waals surface area contributed by atoms with Crippen molar-refractivity contribution in [1.82, 2.24) is 4.90 Å². The van der Waals surface area contributed by atoms with E-state index in [4.69, 9.17) is 4.74 Å². The predicted octanol–water partition coefficient (Wildman–Crippen LogP) is 4.26. The lowest BCUT2D eigenvalue weighted by Gasteiger charge is -2.17. The van der Waals surface area contributed by atoms with Crippen molar-refractivity contribution < 1.29 is 18.3 Å². The molecule has 0 saturated carbocycles. The number of nitrogens with one attached hydrogen (secondary N) is 1. The highest BCUT2D eigenvalue weighted by atomic mass is 32.2. The van der Waals surface area contributed by atoms with Crippen LogP contribution in [0.4, 0.5) is 14.5 Å². The van der Waals surface area contributed by atoms with E-state index in [2.05, 4.69) is 5.32 Å². The molecule has 26 heavy (non-hydrogen) atoms. The van der Waals surface area contributed by atoms with Crippen molar-refractivity contribution >= 4 is 23.4 Å². The Morgan fingerprint density at radius 3 is 2.42 bits per heavy atom. The first-order valence-corrected chi connectivity index (χ1v) is 9.03. The second-order valence-corrected chi connectivity index (χ2v) is 6.91. The highest BCUT2D eigenvalue weighted by molar-refractivity contribution is 7.99. The molecule has 4 nitrogen and oxygen atoms in total. The van der Waals surface area contributed by atoms with Crippen molar-refractivity contribution in [2.75, 3.05) is 32.1 Å². The molecule has 0 spiro atoms. The molecular formula is C19H22F2N2O2S. The number of likely N-dealkylation sites (N-methyl/N-ethyl adjacent to an activating group) is 1. The molecule has 0 unspecified atom stereocenters. The number of thioether (sulfide) groups is 1. The van der Waals surface area contributed by atoms with Crippen molar-refractivity contribution in [1.29, 1.82) is 0 Å². The average molecular weight is 380 g/mol. The van der Waals surface area contributed by atoms with Gasteiger partial charge in [0.25, 0.3) is 5.76 Å². The van der Waals surface area contributed by atoms with Gasteiger partial charge in [-0.15, -0.1) is 0 Å². The summed E-state index contributed by atoms with van der Waals surface area (Å²) in [7, 11) is 1.83. The minimum Gasteiger partial charge on any atom is -0.492 e. The number of amides is 1. The van der Waals surface area contributed by atoms with Crippen LogP contribution in [-0.4, -0.2) is 43.3 Å². The Morgan fingerprint density at radius 2 is 1.81 bits per heavy atom. The fraction of sp³-hybridized carbons (Fsp3) is 0.316. The molecule has 0 bridgehead atoms. The fourth-order valence-corrected chi connectivity index (χ4v) is 2.70. The number of rotatable bonds is 9. The van der Waals surface area contributed by atoms with Gasteiger partial charge < -0.3 is 10.1 Å². The molecule has 0 saturated heterocycles. The molecule has 0 heterocycles. The summed E-state index contributed by atoms with van der Waals surface area (Å²) in [5.41, 5.74) is 1.75. The maximum absolute atomic E-state index is 12.3. The number of nitrogens with zero attached hydrogens (tertiary/aromatic N) is 1. The zero-order chi connectivity index (χ0) is 18.9. The Labute approximate surface area is 156 Å². The Balaban J connectivity index is 1.70. The lowest BCUT2D eigenvalue weighted by atomic mass is 10.2. The highest BCUT2D eigenvalue weighted by Crippen LogP contribution is 2.26. The molecule has 0 atom stereocenters. The third-order valence-corrected chi connectivity index (χ3v) is 4.26. The fourth-order valence-electron chi connectivity index (χ4n) is 2.20. The SMILES string of the molecule is Cc1ccc(OCCN(C)CC(=O)Nc2ccc(SC(F)F)cc2)cc1. The lowest BCUT2D eigenvalue weighted by molar-refractivity contribution is -0.117. The van der Waals surface area contributed by atoms with Gasteiger partial charge in [0.2, 0.25) is 5.91 Å². The molecule has 0 fully saturated rings. The van der Waals surface area contributed by atoms with E-state index in [0.717, 1.165) is 5.75 Å². The Morgan fingerprint density at radius 1 is 1.15 bits per heavy atom. The molecule has 0 radical (unpaired) electrons. The predicted molar refractivity (Wildman–Crippen MR) is 101 cm³/mol. The first kappa shape index (κ1) is 20.2. The summed E-state index contributed by atoms with van der Waals surface area (Å²) in [4.78, 5) is 14.4. The largest absolute Gasteiger partial charge is 0.492 e. The third kappa shape index (κ3) is 7.41. The number of halogens is 2. The number of alkyl halides is 2. The average Bonchev–Trinajstić information content (AvgIpc) is 2.58. The van der Waals surface area contributed by atoms with Gasteiger partial charge in [0.1, 0.15) is 12.4 Å². The van der Waals surface area contributed by atoms with Gasteiger partial charge >= 0.3 is 0 Å². The van der Waals surface area contributed by atoms with Crippen LogP contribution in [0.5, 0.6) is 5.75 Å². The molecule has 0 aliphatic carbocycles. The zero-order valence-corrected chi connectivity index (χ0v) is 15.6. The van der Waals surface area contributed by atoms with Crippen LogP contribution in [0.2, 0.25) is 0 Å². The van der Waals surface area contributed by atoms with Gasteiger partial charge in [0, 0.05) is 17.1 Å². The molecule has 0 aliphatic rings. The number of carbonyl (C=O) groups excluding carboxylic acids is 1. The van der Waals surface area contributed by atoms with Crippen LogP contribution in [0.1, 0.15) is 5.56 Å². The lowest BCUT2D eigenvalue weighted by Crippen LogP contribution is -2.33. The molecule has 1 N–H and O–H groups in total. The van der Waals surface area contributed by atoms with Gasteiger partial charge in [-0.25, -0.2) is 0 Å². The van der Waals surface area contributed by atoms with Gasteiger partial charge in [-0.3, -0.25) is 9.69 Å². The number of benzene rings is 2. The maximum atomic E-state index is 12.3. The van der Waals surface area contributed by atoms with Crippen LogP contribution >= 0.6 is 11.8 Å². The second-order valence-electron chi connectivity index (χ2n) is 5.85. The van der Waals surface area contributed by atoms with Crippen molar-refractivity contribution in [2.24, 2.45) is 0 Å². The standard InChI is InChI=1S/C19H22F2N2O2S/c1-14-3-7-16(8-4-14)25-12-11-23(2)13-18(24)22-15-5-9-17(10-6-15)26-19(20)21/h3-10,19H,11-13H2,1-2H3,(H,22,24). The third-order valence-electron chi connectivity index (χ3n) is 3.54. The van der Waals surface area contributed by atoms with E-state index in [9.17, 15) is 13.6 Å². The van der Waals surface area contributed by atoms with Gasteiger partial charge in [0.05, 0.1) is 6.54 Å². The first-order valence-electron chi connectivity index (χ1n) is 8.15. The highest BCUT2D eigenvalue weighted by Gasteiger charge is 2.08. The summed E-state index contributed by atoms with van der Waals surface area (Å²) >= 11 is 0.476. The zero-order valence-electron chi connectivity index (χ0n) is 14.7. The molecule has 2 aromatic rings. The smallest absolute Gasteiger partial charge is 0.288 e. The summed E-state index contributed by atoms with van der Waals surface area (Å²) in [5.74, 6) is -1.82. The maximum Gasteiger partial charge on any atom is 0.288 e. The number of anilines is 1. The van der Waals surface area contributed by atoms with Crippen molar-refractivity contribution in [3.8, 4) is 5.75 Å². The van der Waals surface area contributed by atoms with Crippen LogP contribution in [0, 0.1) is 6.92 Å². The summed E-state index contributed by atoms with van der Waals surface area (Å²) in [5, 5.41) is 2.75. The van der Waals surface area contributed by atoms with Crippen LogP contribution in [-0.2, 0) is 4.79 Å². The van der Waals surface area contributed by atoms with Gasteiger partial charge in [-0.05, 0) is 50.4 Å². The molecule has 0 aliphatic heterocycles. The minimum atomic E-state index is -2.45. The van der Waals surface area contributed by atoms with E-state index in [0.29, 0.717) is 35.5 Å². The summed E-state index contributed by atoms with van der Waals surface area (Å²) in [6.07, 6.45) is 0. The van der Waals surface area contributed by atoms with Crippen molar-refractivity contribution in [2.45, 2.75) is 17.6 Å². The molecule has 140 valence electrons. The van der Waals surface area contributed by atoms with Crippen LogP contribution in [0.25, 0.3) is 0 Å². The minimum absolute atomic E-state index is 0.169. The second kappa shape index (κ2) is 10.1. The van der Waals surface area contributed by atoms with Crippen LogP contribution < -0.4 is 10.1 Å². The molecule has 7 heteroatoms. The van der Waals surface area contributed by atoms with Crippen molar-refractivity contribution in [3.05, 3.63) is 54.1 Å². The van der Waals surface area contributed by atoms with Crippen molar-refractivity contribution in [3.63, 3.8) is 0 Å². The van der Waals surface area contributed by atoms with Crippen LogP contribution in [0.3, 0.4) is 0 Å². The quantitative estimate of drug-likeness (QED) is 0.660. The van der Waals surface area contributed by atoms with Gasteiger partial charge in [0.15, 0.2) is 0 Å². The number of carbonyl (C=O) groups is 1. The topological polar surface area (TPSA) is 41.6 Å². The normalized spacial score (nSPS) is 11.0. The van der Waals surface area contributed by atoms with E-state index in [1.807, 2.05) is 43.1 Å². The number of hydrogen-bond donors (Lipinski definition) is 1. The number of aryl methyl sites for hydroxylation is 1. The summed E-state index contributed by atoms with van der Waals surface area (Å²) in [6.45, 7) is 3.31. The summed E-state index contributed by atoms with van der Waals surface area (Å²) < 4.78 is 30.2. The number of hydrogen-bond acceptors (Lipinski definition) is 4. The van der Waals surface area contributed by atoms with Crippen LogP contribution in [0.15, 0.2) is 53.4 Å². The Hall–Kier alpha value is -2.12. The number of ether oxygens (including phenoxy) is 1. The van der Waals surface area contributed by atoms with E-state index in [-0.39, 0.29) is 12.5 Å². The Bertz CT molecular complexity index is 694. The molecule has 1 amide bonds. The monoisotopic (exact) mass is 380 g/mol. The van der Waals surface area contributed by atoms with E-state index in [1.165, 1.54) is 5.56 Å². The first-order chi connectivity index (χ1) is 12.4. The van der Waals surface area contributed by atoms with E-state index in [1.54, 1.807) is 24.3 Å². The molecule has 2 aromatic carbocycles. The van der Waals surface area contributed by atoms with E-state index < -0.39 is 5.76 Å². The Kier molecular flexibility index (Phi) is 7.87. The van der Waals surface area contributed by atoms with E-state index >= 15 is 0 Å². The van der Waals surface area contributed by atoms with Gasteiger partial charge in [-0.1, -0.05) is 29.5 Å².